The molecule has 0 saturated heterocycles. The Morgan fingerprint density at radius 2 is 1.88 bits per heavy atom. The van der Waals surface area contributed by atoms with Crippen LogP contribution in [-0.2, 0) is 0 Å². The van der Waals surface area contributed by atoms with E-state index in [4.69, 9.17) is 16.0 Å². The second-order valence-corrected chi connectivity index (χ2v) is 8.73. The van der Waals surface area contributed by atoms with Crippen LogP contribution in [0.4, 0.5) is 17.1 Å². The van der Waals surface area contributed by atoms with Gasteiger partial charge in [-0.05, 0) is 62.7 Å². The number of aryl methyl sites for hydroxylation is 1. The van der Waals surface area contributed by atoms with Crippen molar-refractivity contribution in [3.8, 4) is 11.3 Å². The van der Waals surface area contributed by atoms with Gasteiger partial charge in [-0.3, -0.25) is 4.79 Å². The fourth-order valence-corrected chi connectivity index (χ4v) is 4.32. The van der Waals surface area contributed by atoms with Gasteiger partial charge in [0.2, 0.25) is 0 Å². The van der Waals surface area contributed by atoms with Gasteiger partial charge in [0, 0.05) is 16.7 Å². The second kappa shape index (κ2) is 7.98. The first-order valence-corrected chi connectivity index (χ1v) is 11.0. The van der Waals surface area contributed by atoms with Crippen molar-refractivity contribution in [2.24, 2.45) is 0 Å². The maximum atomic E-state index is 13.4. The van der Waals surface area contributed by atoms with E-state index in [9.17, 15) is 4.79 Å². The Labute approximate surface area is 196 Å². The Bertz CT molecular complexity index is 1470. The Kier molecular flexibility index (Phi) is 5.10. The van der Waals surface area contributed by atoms with Crippen LogP contribution in [0.15, 0.2) is 70.3 Å². The fraction of sp³-hybridized carbons (Fsp3) is 0.154. The van der Waals surface area contributed by atoms with Crippen molar-refractivity contribution < 1.29 is 4.42 Å². The lowest BCUT2D eigenvalue weighted by atomic mass is 9.98. The van der Waals surface area contributed by atoms with Gasteiger partial charge in [-0.2, -0.15) is 0 Å². The van der Waals surface area contributed by atoms with Crippen LogP contribution >= 0.6 is 11.6 Å². The number of nitrogens with zero attached hydrogens (tertiary/aromatic N) is 1. The van der Waals surface area contributed by atoms with Crippen LogP contribution in [0.5, 0.6) is 0 Å². The maximum absolute atomic E-state index is 13.4. The summed E-state index contributed by atoms with van der Waals surface area (Å²) >= 11 is 5.91. The lowest BCUT2D eigenvalue weighted by Crippen LogP contribution is -2.12. The highest BCUT2D eigenvalue weighted by Crippen LogP contribution is 2.37. The number of fused-ring (bicyclic) bond motifs is 2. The molecule has 1 aliphatic rings. The molecule has 33 heavy (non-hydrogen) atoms. The van der Waals surface area contributed by atoms with E-state index in [0.29, 0.717) is 33.3 Å². The summed E-state index contributed by atoms with van der Waals surface area (Å²) in [4.78, 5) is 17.5. The van der Waals surface area contributed by atoms with E-state index in [1.807, 2.05) is 57.2 Å². The van der Waals surface area contributed by atoms with E-state index in [1.165, 1.54) is 0 Å². The van der Waals surface area contributed by atoms with Crippen LogP contribution in [-0.4, -0.2) is 4.98 Å². The van der Waals surface area contributed by atoms with Gasteiger partial charge < -0.3 is 20.4 Å². The molecule has 1 aliphatic heterocycles. The molecule has 2 aromatic heterocycles. The molecule has 0 unspecified atom stereocenters. The van der Waals surface area contributed by atoms with Crippen molar-refractivity contribution in [2.75, 3.05) is 16.0 Å². The van der Waals surface area contributed by atoms with E-state index in [1.54, 1.807) is 12.3 Å². The topological polar surface area (TPSA) is 79.2 Å². The van der Waals surface area contributed by atoms with Crippen molar-refractivity contribution in [3.63, 3.8) is 0 Å². The normalized spacial score (nSPS) is 13.4. The van der Waals surface area contributed by atoms with Gasteiger partial charge in [-0.15, -0.1) is 0 Å². The van der Waals surface area contributed by atoms with Crippen LogP contribution < -0.4 is 21.4 Å². The molecule has 3 N–H and O–H groups in total. The lowest BCUT2D eigenvalue weighted by Gasteiger charge is -2.19. The third-order valence-corrected chi connectivity index (χ3v) is 6.05. The molecular weight excluding hydrogens is 436 g/mol. The minimum absolute atomic E-state index is 0.0347. The maximum Gasteiger partial charge on any atom is 0.196 e. The minimum Gasteiger partial charge on any atom is -0.455 e. The molecule has 2 aromatic carbocycles. The van der Waals surface area contributed by atoms with E-state index < -0.39 is 0 Å². The molecular formula is C26H23ClN4O2. The van der Waals surface area contributed by atoms with Crippen LogP contribution in [0.25, 0.3) is 22.3 Å². The average molecular weight is 459 g/mol. The van der Waals surface area contributed by atoms with Crippen molar-refractivity contribution in [3.05, 3.63) is 93.1 Å². The summed E-state index contributed by atoms with van der Waals surface area (Å²) in [5.41, 5.74) is 6.49. The molecule has 0 fully saturated rings. The predicted molar refractivity (Wildman–Crippen MR) is 135 cm³/mol. The third-order valence-electron chi connectivity index (χ3n) is 5.82. The van der Waals surface area contributed by atoms with E-state index >= 15 is 0 Å². The van der Waals surface area contributed by atoms with Crippen LogP contribution in [0, 0.1) is 13.8 Å². The van der Waals surface area contributed by atoms with Crippen LogP contribution in [0.1, 0.15) is 29.7 Å². The average Bonchev–Trinajstić information content (AvgIpc) is 3.16. The quantitative estimate of drug-likeness (QED) is 0.299. The first-order chi connectivity index (χ1) is 15.8. The number of hydrogen-bond acceptors (Lipinski definition) is 6. The fourth-order valence-electron chi connectivity index (χ4n) is 4.21. The van der Waals surface area contributed by atoms with Crippen molar-refractivity contribution >= 4 is 39.6 Å². The largest absolute Gasteiger partial charge is 0.455 e. The molecule has 7 heteroatoms. The molecule has 0 radical (unpaired) electrons. The molecule has 166 valence electrons. The first kappa shape index (κ1) is 21.1. The molecule has 0 saturated carbocycles. The number of rotatable bonds is 4. The SMILES string of the molecule is C=C1Nc2ccc(-c3oc4c([C@@H](C)Nc5ccc(Cl)nc5)cc(C)cc4c(=O)c3C)cc2N1. The van der Waals surface area contributed by atoms with Crippen LogP contribution in [0.3, 0.4) is 0 Å². The van der Waals surface area contributed by atoms with Gasteiger partial charge in [0.15, 0.2) is 5.43 Å². The summed E-state index contributed by atoms with van der Waals surface area (Å²) in [5.74, 6) is 1.27. The molecule has 5 rings (SSSR count). The molecule has 0 aliphatic carbocycles. The second-order valence-electron chi connectivity index (χ2n) is 8.34. The monoisotopic (exact) mass is 458 g/mol. The number of benzene rings is 2. The number of aromatic nitrogens is 1. The molecule has 1 atom stereocenters. The lowest BCUT2D eigenvalue weighted by molar-refractivity contribution is 0.605. The number of hydrogen-bond donors (Lipinski definition) is 3. The number of nitrogens with one attached hydrogen (secondary N) is 3. The highest BCUT2D eigenvalue weighted by molar-refractivity contribution is 6.29. The van der Waals surface area contributed by atoms with Gasteiger partial charge in [-0.1, -0.05) is 24.2 Å². The number of halogens is 1. The molecule has 0 spiro atoms. The third kappa shape index (κ3) is 3.83. The molecule has 0 amide bonds. The Morgan fingerprint density at radius 1 is 1.09 bits per heavy atom. The zero-order valence-electron chi connectivity index (χ0n) is 18.5. The van der Waals surface area contributed by atoms with Crippen molar-refractivity contribution in [2.45, 2.75) is 26.8 Å². The summed E-state index contributed by atoms with van der Waals surface area (Å²) in [5, 5.41) is 10.8. The Balaban J connectivity index is 1.64. The van der Waals surface area contributed by atoms with Gasteiger partial charge in [0.25, 0.3) is 0 Å². The Morgan fingerprint density at radius 3 is 2.64 bits per heavy atom. The van der Waals surface area contributed by atoms with E-state index in [0.717, 1.165) is 33.8 Å². The molecule has 4 aromatic rings. The predicted octanol–water partition coefficient (Wildman–Crippen LogP) is 6.61. The summed E-state index contributed by atoms with van der Waals surface area (Å²) in [7, 11) is 0. The summed E-state index contributed by atoms with van der Waals surface area (Å²) < 4.78 is 6.46. The van der Waals surface area contributed by atoms with E-state index in [2.05, 4.69) is 27.5 Å². The zero-order chi connectivity index (χ0) is 23.3. The number of anilines is 3. The van der Waals surface area contributed by atoms with Gasteiger partial charge in [0.05, 0.1) is 34.7 Å². The molecule has 6 nitrogen and oxygen atoms in total. The highest BCUT2D eigenvalue weighted by atomic mass is 35.5. The standard InChI is InChI=1S/C26H23ClN4O2/c1-13-9-19(15(3)29-18-6-8-23(27)28-12-18)26-20(10-13)24(32)14(2)25(33-26)17-5-7-21-22(11-17)31-16(4)30-21/h5-12,15,29-31H,4H2,1-3H3/t15-/m1/s1. The summed E-state index contributed by atoms with van der Waals surface area (Å²) in [6.07, 6.45) is 1.68. The molecule has 0 bridgehead atoms. The first-order valence-electron chi connectivity index (χ1n) is 10.6. The molecule has 3 heterocycles. The van der Waals surface area contributed by atoms with Crippen LogP contribution in [0.2, 0.25) is 5.15 Å². The minimum atomic E-state index is -0.136. The Hall–Kier alpha value is -3.77. The van der Waals surface area contributed by atoms with E-state index in [-0.39, 0.29) is 11.5 Å². The number of pyridine rings is 1. The highest BCUT2D eigenvalue weighted by Gasteiger charge is 2.20. The van der Waals surface area contributed by atoms with Crippen molar-refractivity contribution in [1.29, 1.82) is 0 Å². The van der Waals surface area contributed by atoms with Gasteiger partial charge in [-0.25, -0.2) is 4.98 Å². The van der Waals surface area contributed by atoms with Gasteiger partial charge >= 0.3 is 0 Å². The summed E-state index contributed by atoms with van der Waals surface area (Å²) in [6.45, 7) is 9.72. The summed E-state index contributed by atoms with van der Waals surface area (Å²) in [6, 6.07) is 13.3. The van der Waals surface area contributed by atoms with Gasteiger partial charge in [0.1, 0.15) is 22.3 Å². The zero-order valence-corrected chi connectivity index (χ0v) is 19.3. The van der Waals surface area contributed by atoms with Crippen molar-refractivity contribution in [1.82, 2.24) is 4.98 Å². The smallest absolute Gasteiger partial charge is 0.196 e.